The Bertz CT molecular complexity index is 1560. The molecule has 0 saturated heterocycles. The van der Waals surface area contributed by atoms with Crippen molar-refractivity contribution in [1.82, 2.24) is 9.97 Å². The fraction of sp³-hybridized carbons (Fsp3) is 0.120. The zero-order valence-corrected chi connectivity index (χ0v) is 20.2. The number of aromatic nitrogens is 2. The Morgan fingerprint density at radius 2 is 1.71 bits per heavy atom. The Labute approximate surface area is 206 Å². The summed E-state index contributed by atoms with van der Waals surface area (Å²) in [5.74, 6) is -1.54. The molecule has 10 heteroatoms. The summed E-state index contributed by atoms with van der Waals surface area (Å²) in [6.07, 6.45) is 4.81. The molecule has 1 aliphatic heterocycles. The second-order valence-electron chi connectivity index (χ2n) is 8.09. The first-order valence-electron chi connectivity index (χ1n) is 10.7. The highest BCUT2D eigenvalue weighted by Gasteiger charge is 2.35. The van der Waals surface area contributed by atoms with E-state index in [1.165, 1.54) is 18.3 Å². The third kappa shape index (κ3) is 4.58. The molecule has 3 heterocycles. The summed E-state index contributed by atoms with van der Waals surface area (Å²) >= 11 is 1.26. The average Bonchev–Trinajstić information content (AvgIpc) is 3.25. The second-order valence-corrected chi connectivity index (χ2v) is 11.1. The molecular formula is C25H20N4O4S2. The van der Waals surface area contributed by atoms with Gasteiger partial charge in [-0.1, -0.05) is 53.8 Å². The molecule has 1 aliphatic rings. The number of hydrogen-bond acceptors (Lipinski definition) is 7. The number of sulfone groups is 1. The van der Waals surface area contributed by atoms with Crippen molar-refractivity contribution >= 4 is 43.8 Å². The van der Waals surface area contributed by atoms with Crippen LogP contribution < -0.4 is 10.6 Å². The molecule has 2 aromatic carbocycles. The number of anilines is 2. The Kier molecular flexibility index (Phi) is 5.91. The first kappa shape index (κ1) is 22.9. The molecule has 0 spiro atoms. The van der Waals surface area contributed by atoms with Gasteiger partial charge >= 0.3 is 0 Å². The molecule has 0 bridgehead atoms. The molecule has 176 valence electrons. The van der Waals surface area contributed by atoms with Crippen LogP contribution >= 0.6 is 11.3 Å². The van der Waals surface area contributed by atoms with Crippen LogP contribution in [0.15, 0.2) is 78.1 Å². The van der Waals surface area contributed by atoms with Gasteiger partial charge in [0.05, 0.1) is 33.3 Å². The van der Waals surface area contributed by atoms with E-state index in [0.29, 0.717) is 27.5 Å². The molecule has 0 saturated carbocycles. The van der Waals surface area contributed by atoms with E-state index < -0.39 is 15.8 Å². The molecule has 2 N–H and O–H groups in total. The summed E-state index contributed by atoms with van der Waals surface area (Å²) in [5.41, 5.74) is 3.00. The second kappa shape index (κ2) is 9.05. The van der Waals surface area contributed by atoms with Crippen LogP contribution in [0.25, 0.3) is 10.4 Å². The van der Waals surface area contributed by atoms with Crippen molar-refractivity contribution < 1.29 is 18.0 Å². The molecule has 8 nitrogen and oxygen atoms in total. The van der Waals surface area contributed by atoms with Crippen molar-refractivity contribution in [3.05, 3.63) is 89.9 Å². The zero-order valence-electron chi connectivity index (χ0n) is 18.6. The number of nitrogens with zero attached hydrogens (tertiary/aromatic N) is 2. The number of fused-ring (bicyclic) bond motifs is 2. The molecule has 0 radical (unpaired) electrons. The van der Waals surface area contributed by atoms with E-state index in [-0.39, 0.29) is 22.5 Å². The lowest BCUT2D eigenvalue weighted by atomic mass is 9.88. The highest BCUT2D eigenvalue weighted by molar-refractivity contribution is 7.90. The fourth-order valence-corrected chi connectivity index (χ4v) is 6.63. The van der Waals surface area contributed by atoms with Gasteiger partial charge in [0, 0.05) is 24.9 Å². The van der Waals surface area contributed by atoms with Crippen LogP contribution in [0.3, 0.4) is 0 Å². The lowest BCUT2D eigenvalue weighted by Crippen LogP contribution is -2.23. The molecule has 0 fully saturated rings. The van der Waals surface area contributed by atoms with Crippen LogP contribution in [0.4, 0.5) is 10.8 Å². The van der Waals surface area contributed by atoms with Crippen molar-refractivity contribution in [2.24, 2.45) is 0 Å². The molecule has 1 unspecified atom stereocenters. The highest BCUT2D eigenvalue weighted by Crippen LogP contribution is 2.39. The summed E-state index contributed by atoms with van der Waals surface area (Å²) in [6.45, 7) is 1.42. The minimum atomic E-state index is -3.61. The van der Waals surface area contributed by atoms with Gasteiger partial charge in [0.1, 0.15) is 0 Å². The van der Waals surface area contributed by atoms with Crippen molar-refractivity contribution in [3.8, 4) is 10.4 Å². The molecule has 2 amide bonds. The van der Waals surface area contributed by atoms with Crippen molar-refractivity contribution in [1.29, 1.82) is 0 Å². The Hall–Kier alpha value is -3.89. The summed E-state index contributed by atoms with van der Waals surface area (Å²) in [6, 6.07) is 15.5. The summed E-state index contributed by atoms with van der Waals surface area (Å²) in [7, 11) is -3.61. The van der Waals surface area contributed by atoms with Crippen molar-refractivity contribution in [2.75, 3.05) is 10.6 Å². The minimum Gasteiger partial charge on any atom is -0.325 e. The van der Waals surface area contributed by atoms with Gasteiger partial charge in [-0.15, -0.1) is 0 Å². The van der Waals surface area contributed by atoms with Crippen molar-refractivity contribution in [3.63, 3.8) is 0 Å². The Morgan fingerprint density at radius 3 is 2.51 bits per heavy atom. The normalized spacial score (nSPS) is 15.9. The van der Waals surface area contributed by atoms with Crippen LogP contribution in [-0.4, -0.2) is 30.2 Å². The highest BCUT2D eigenvalue weighted by atomic mass is 32.2. The number of rotatable bonds is 4. The van der Waals surface area contributed by atoms with Gasteiger partial charge in [-0.25, -0.2) is 13.4 Å². The van der Waals surface area contributed by atoms with Crippen LogP contribution in [0.5, 0.6) is 0 Å². The topological polar surface area (TPSA) is 118 Å². The van der Waals surface area contributed by atoms with Crippen LogP contribution in [0.1, 0.15) is 29.5 Å². The summed E-state index contributed by atoms with van der Waals surface area (Å²) in [5, 5.41) is 5.93. The van der Waals surface area contributed by atoms with Gasteiger partial charge in [-0.05, 0) is 28.8 Å². The number of thiazole rings is 1. The molecule has 4 aromatic rings. The van der Waals surface area contributed by atoms with Gasteiger partial charge < -0.3 is 10.6 Å². The number of amides is 2. The maximum atomic E-state index is 13.6. The number of hydrogen-bond donors (Lipinski definition) is 2. The third-order valence-corrected chi connectivity index (χ3v) is 8.31. The quantitative estimate of drug-likeness (QED) is 0.430. The fourth-order valence-electron chi connectivity index (χ4n) is 4.17. The largest absolute Gasteiger partial charge is 0.325 e. The Morgan fingerprint density at radius 1 is 0.971 bits per heavy atom. The predicted octanol–water partition coefficient (Wildman–Crippen LogP) is 4.22. The maximum Gasteiger partial charge on any atom is 0.238 e. The average molecular weight is 505 g/mol. The molecule has 1 atom stereocenters. The van der Waals surface area contributed by atoms with E-state index in [2.05, 4.69) is 20.6 Å². The van der Waals surface area contributed by atoms with E-state index in [0.717, 1.165) is 10.4 Å². The molecule has 0 aliphatic carbocycles. The first-order valence-corrected chi connectivity index (χ1v) is 13.2. The van der Waals surface area contributed by atoms with Crippen LogP contribution in [0.2, 0.25) is 0 Å². The van der Waals surface area contributed by atoms with Gasteiger partial charge in [-0.2, -0.15) is 0 Å². The molecule has 2 aromatic heterocycles. The third-order valence-electron chi connectivity index (χ3n) is 5.62. The van der Waals surface area contributed by atoms with Crippen molar-refractivity contribution in [2.45, 2.75) is 23.5 Å². The Balaban J connectivity index is 1.49. The van der Waals surface area contributed by atoms with E-state index in [1.54, 1.807) is 73.2 Å². The molecule has 5 rings (SSSR count). The first-order chi connectivity index (χ1) is 16.8. The monoisotopic (exact) mass is 504 g/mol. The van der Waals surface area contributed by atoms with Gasteiger partial charge in [0.15, 0.2) is 15.0 Å². The van der Waals surface area contributed by atoms with Crippen LogP contribution in [0, 0.1) is 0 Å². The maximum absolute atomic E-state index is 13.6. The zero-order chi connectivity index (χ0) is 24.6. The smallest absolute Gasteiger partial charge is 0.238 e. The number of carbonyl (C=O) groups is 2. The van der Waals surface area contributed by atoms with E-state index >= 15 is 0 Å². The number of pyridine rings is 1. The lowest BCUT2D eigenvalue weighted by molar-refractivity contribution is -0.117. The van der Waals surface area contributed by atoms with E-state index in [9.17, 15) is 18.0 Å². The van der Waals surface area contributed by atoms with Crippen LogP contribution in [-0.2, 0) is 25.2 Å². The van der Waals surface area contributed by atoms with E-state index in [4.69, 9.17) is 0 Å². The van der Waals surface area contributed by atoms with Gasteiger partial charge in [0.2, 0.25) is 11.8 Å². The standard InChI is InChI=1S/C25H20N4O4S2/c1-15(30)28-18-10-17(11-26-12-18)21-13-27-25(34-21)29-24(31)23-19-7-3-2-6-16(19)14-35(32,33)22-9-5-4-8-20(22)23/h2-13,23H,14H2,1H3,(H,28,30)(H,27,29,31). The number of benzene rings is 2. The van der Waals surface area contributed by atoms with E-state index in [1.807, 2.05) is 0 Å². The number of nitrogens with one attached hydrogen (secondary N) is 2. The molecule has 35 heavy (non-hydrogen) atoms. The van der Waals surface area contributed by atoms with Gasteiger partial charge in [-0.3, -0.25) is 14.6 Å². The SMILES string of the molecule is CC(=O)Nc1cncc(-c2cnc(NC(=O)C3c4ccccc4CS(=O)(=O)c4ccccc43)s2)c1. The number of carbonyl (C=O) groups excluding carboxylic acids is 2. The molecular weight excluding hydrogens is 484 g/mol. The summed E-state index contributed by atoms with van der Waals surface area (Å²) < 4.78 is 26.1. The lowest BCUT2D eigenvalue weighted by Gasteiger charge is -2.18. The minimum absolute atomic E-state index is 0.164. The predicted molar refractivity (Wildman–Crippen MR) is 134 cm³/mol. The summed E-state index contributed by atoms with van der Waals surface area (Å²) in [4.78, 5) is 34.3. The van der Waals surface area contributed by atoms with Gasteiger partial charge in [0.25, 0.3) is 0 Å².